The zero-order valence-corrected chi connectivity index (χ0v) is 16.1. The summed E-state index contributed by atoms with van der Waals surface area (Å²) in [5.41, 5.74) is 6.48. The van der Waals surface area contributed by atoms with Crippen molar-refractivity contribution in [1.82, 2.24) is 10.4 Å². The molecule has 0 saturated carbocycles. The van der Waals surface area contributed by atoms with Gasteiger partial charge >= 0.3 is 0 Å². The predicted octanol–water partition coefficient (Wildman–Crippen LogP) is 3.09. The first-order chi connectivity index (χ1) is 13.1. The van der Waals surface area contributed by atoms with Crippen molar-refractivity contribution >= 4 is 32.6 Å². The molecule has 0 aliphatic rings. The third-order valence-corrected chi connectivity index (χ3v) is 4.79. The molecule has 1 heterocycles. The van der Waals surface area contributed by atoms with Crippen LogP contribution in [0.1, 0.15) is 10.4 Å². The molecule has 2 N–H and O–H groups in total. The van der Waals surface area contributed by atoms with Crippen molar-refractivity contribution in [1.29, 1.82) is 0 Å². The van der Waals surface area contributed by atoms with Crippen LogP contribution in [0.5, 0.6) is 23.0 Å². The number of nitrogens with one attached hydrogen (secondary N) is 2. The lowest BCUT2D eigenvalue weighted by Gasteiger charge is -2.09. The Bertz CT molecular complexity index is 910. The van der Waals surface area contributed by atoms with Crippen LogP contribution in [0.4, 0.5) is 5.13 Å². The van der Waals surface area contributed by atoms with Gasteiger partial charge in [0.25, 0.3) is 5.91 Å². The van der Waals surface area contributed by atoms with Crippen LogP contribution in [0, 0.1) is 0 Å². The summed E-state index contributed by atoms with van der Waals surface area (Å²) in [6, 6.07) is 8.51. The van der Waals surface area contributed by atoms with E-state index in [1.807, 2.05) is 6.07 Å². The molecule has 0 fully saturated rings. The van der Waals surface area contributed by atoms with Crippen LogP contribution >= 0.6 is 11.3 Å². The van der Waals surface area contributed by atoms with E-state index in [2.05, 4.69) is 15.8 Å². The molecule has 0 bridgehead atoms. The molecule has 0 spiro atoms. The van der Waals surface area contributed by atoms with Gasteiger partial charge in [0.1, 0.15) is 33.2 Å². The van der Waals surface area contributed by atoms with E-state index in [9.17, 15) is 4.79 Å². The third kappa shape index (κ3) is 3.82. The highest BCUT2D eigenvalue weighted by atomic mass is 32.1. The van der Waals surface area contributed by atoms with Crippen LogP contribution in [0.15, 0.2) is 30.3 Å². The first-order valence-electron chi connectivity index (χ1n) is 7.90. The molecule has 0 atom stereocenters. The smallest absolute Gasteiger partial charge is 0.269 e. The number of hydrogen-bond donors (Lipinski definition) is 2. The predicted molar refractivity (Wildman–Crippen MR) is 103 cm³/mol. The van der Waals surface area contributed by atoms with Crippen molar-refractivity contribution in [3.05, 3.63) is 35.9 Å². The molecule has 1 amide bonds. The summed E-state index contributed by atoms with van der Waals surface area (Å²) in [6.07, 6.45) is 0. The summed E-state index contributed by atoms with van der Waals surface area (Å²) in [5, 5.41) is 0.496. The number of rotatable bonds is 7. The van der Waals surface area contributed by atoms with Gasteiger partial charge in [-0.15, -0.1) is 0 Å². The molecule has 2 aromatic carbocycles. The third-order valence-electron chi connectivity index (χ3n) is 3.81. The van der Waals surface area contributed by atoms with E-state index < -0.39 is 0 Å². The fraction of sp³-hybridized carbons (Fsp3) is 0.222. The molecule has 3 rings (SSSR count). The fourth-order valence-electron chi connectivity index (χ4n) is 2.46. The average Bonchev–Trinajstić information content (AvgIpc) is 3.14. The molecule has 8 nitrogen and oxygen atoms in total. The number of carbonyl (C=O) groups excluding carboxylic acids is 1. The lowest BCUT2D eigenvalue weighted by atomic mass is 10.2. The van der Waals surface area contributed by atoms with E-state index in [-0.39, 0.29) is 5.91 Å². The van der Waals surface area contributed by atoms with Crippen LogP contribution in [-0.2, 0) is 0 Å². The number of ether oxygens (including phenoxy) is 4. The number of hydrazine groups is 1. The standard InChI is InChI=1S/C18H19N3O5S/c1-23-11-7-10(8-12(9-11)24-2)17(22)20-21-18-19-15-13(25-3)5-6-14(26-4)16(15)27-18/h5-9H,1-4H3,(H,19,21)(H,20,22). The van der Waals surface area contributed by atoms with Gasteiger partial charge in [-0.1, -0.05) is 11.3 Å². The summed E-state index contributed by atoms with van der Waals surface area (Å²) in [5.74, 6) is 1.99. The molecule has 0 radical (unpaired) electrons. The largest absolute Gasteiger partial charge is 0.497 e. The number of amides is 1. The summed E-state index contributed by atoms with van der Waals surface area (Å²) in [4.78, 5) is 16.9. The molecule has 0 aliphatic carbocycles. The van der Waals surface area contributed by atoms with Gasteiger partial charge in [0.2, 0.25) is 5.13 Å². The quantitative estimate of drug-likeness (QED) is 0.600. The van der Waals surface area contributed by atoms with Gasteiger partial charge in [-0.2, -0.15) is 0 Å². The summed E-state index contributed by atoms with van der Waals surface area (Å²) < 4.78 is 21.9. The Morgan fingerprint density at radius 3 is 2.15 bits per heavy atom. The second-order valence-electron chi connectivity index (χ2n) is 5.35. The Kier molecular flexibility index (Phi) is 5.51. The minimum atomic E-state index is -0.356. The molecule has 1 aromatic heterocycles. The Morgan fingerprint density at radius 2 is 1.56 bits per heavy atom. The monoisotopic (exact) mass is 389 g/mol. The highest BCUT2D eigenvalue weighted by molar-refractivity contribution is 7.22. The van der Waals surface area contributed by atoms with Crippen molar-refractivity contribution in [3.63, 3.8) is 0 Å². The molecule has 142 valence electrons. The van der Waals surface area contributed by atoms with Gasteiger partial charge in [-0.3, -0.25) is 15.6 Å². The Balaban J connectivity index is 1.81. The maximum atomic E-state index is 12.5. The van der Waals surface area contributed by atoms with Crippen molar-refractivity contribution < 1.29 is 23.7 Å². The van der Waals surface area contributed by atoms with Gasteiger partial charge in [-0.05, 0) is 24.3 Å². The maximum Gasteiger partial charge on any atom is 0.269 e. The van der Waals surface area contributed by atoms with Crippen LogP contribution < -0.4 is 29.8 Å². The molecule has 3 aromatic rings. The zero-order valence-electron chi connectivity index (χ0n) is 15.3. The number of methoxy groups -OCH3 is 4. The molecule has 0 unspecified atom stereocenters. The lowest BCUT2D eigenvalue weighted by molar-refractivity contribution is 0.0962. The first-order valence-corrected chi connectivity index (χ1v) is 8.72. The number of carbonyl (C=O) groups is 1. The van der Waals surface area contributed by atoms with E-state index in [1.54, 1.807) is 38.5 Å². The second-order valence-corrected chi connectivity index (χ2v) is 6.35. The number of benzene rings is 2. The van der Waals surface area contributed by atoms with Gasteiger partial charge in [0.15, 0.2) is 0 Å². The molecular weight excluding hydrogens is 370 g/mol. The number of anilines is 1. The van der Waals surface area contributed by atoms with Crippen molar-refractivity contribution in [2.75, 3.05) is 33.9 Å². The zero-order chi connectivity index (χ0) is 19.4. The number of nitrogens with zero attached hydrogens (tertiary/aromatic N) is 1. The lowest BCUT2D eigenvalue weighted by Crippen LogP contribution is -2.29. The molecule has 9 heteroatoms. The topological polar surface area (TPSA) is 90.9 Å². The average molecular weight is 389 g/mol. The number of fused-ring (bicyclic) bond motifs is 1. The van der Waals surface area contributed by atoms with E-state index in [4.69, 9.17) is 18.9 Å². The summed E-state index contributed by atoms with van der Waals surface area (Å²) in [6.45, 7) is 0. The van der Waals surface area contributed by atoms with E-state index in [1.165, 1.54) is 25.6 Å². The van der Waals surface area contributed by atoms with Crippen molar-refractivity contribution in [3.8, 4) is 23.0 Å². The van der Waals surface area contributed by atoms with Crippen molar-refractivity contribution in [2.45, 2.75) is 0 Å². The van der Waals surface area contributed by atoms with E-state index in [0.29, 0.717) is 39.2 Å². The van der Waals surface area contributed by atoms with E-state index >= 15 is 0 Å². The number of hydrogen-bond acceptors (Lipinski definition) is 8. The minimum absolute atomic E-state index is 0.356. The van der Waals surface area contributed by atoms with Crippen LogP contribution in [0.2, 0.25) is 0 Å². The molecule has 0 saturated heterocycles. The fourth-order valence-corrected chi connectivity index (χ4v) is 3.39. The summed E-state index contributed by atoms with van der Waals surface area (Å²) >= 11 is 1.34. The van der Waals surface area contributed by atoms with Gasteiger partial charge in [0, 0.05) is 11.6 Å². The van der Waals surface area contributed by atoms with Crippen LogP contribution in [-0.4, -0.2) is 39.3 Å². The second kappa shape index (κ2) is 8.00. The molecular formula is C18H19N3O5S. The van der Waals surface area contributed by atoms with Crippen LogP contribution in [0.3, 0.4) is 0 Å². The Hall–Kier alpha value is -3.20. The highest BCUT2D eigenvalue weighted by Gasteiger charge is 2.15. The molecule has 0 aliphatic heterocycles. The SMILES string of the molecule is COc1cc(OC)cc(C(=O)NNc2nc3c(OC)ccc(OC)c3s2)c1. The highest BCUT2D eigenvalue weighted by Crippen LogP contribution is 2.38. The van der Waals surface area contributed by atoms with Gasteiger partial charge in [-0.25, -0.2) is 4.98 Å². The normalized spacial score (nSPS) is 10.4. The minimum Gasteiger partial charge on any atom is -0.497 e. The first kappa shape index (κ1) is 18.6. The van der Waals surface area contributed by atoms with Gasteiger partial charge < -0.3 is 18.9 Å². The number of thiazole rings is 1. The van der Waals surface area contributed by atoms with E-state index in [0.717, 1.165) is 4.70 Å². The summed E-state index contributed by atoms with van der Waals surface area (Å²) in [7, 11) is 6.21. The van der Waals surface area contributed by atoms with Crippen LogP contribution in [0.25, 0.3) is 10.2 Å². The Labute approximate surface area is 160 Å². The number of aromatic nitrogens is 1. The molecule has 27 heavy (non-hydrogen) atoms. The Morgan fingerprint density at radius 1 is 0.926 bits per heavy atom. The maximum absolute atomic E-state index is 12.5. The van der Waals surface area contributed by atoms with Crippen molar-refractivity contribution in [2.24, 2.45) is 0 Å². The van der Waals surface area contributed by atoms with Gasteiger partial charge in [0.05, 0.1) is 28.4 Å².